The number of benzene rings is 2. The van der Waals surface area contributed by atoms with Crippen LogP contribution in [0.5, 0.6) is 0 Å². The molecule has 0 radical (unpaired) electrons. The van der Waals surface area contributed by atoms with Gasteiger partial charge in [-0.3, -0.25) is 0 Å². The average Bonchev–Trinajstić information content (AvgIpc) is 2.71. The molecule has 20 heavy (non-hydrogen) atoms. The first kappa shape index (κ1) is 13.4. The summed E-state index contributed by atoms with van der Waals surface area (Å²) in [6, 6.07) is 20.6. The lowest BCUT2D eigenvalue weighted by molar-refractivity contribution is 0.437. The molecule has 1 heteroatoms. The van der Waals surface area contributed by atoms with Gasteiger partial charge < -0.3 is 5.32 Å². The zero-order valence-electron chi connectivity index (χ0n) is 12.2. The number of hydrogen-bond donors (Lipinski definition) is 1. The van der Waals surface area contributed by atoms with Crippen LogP contribution >= 0.6 is 0 Å². The van der Waals surface area contributed by atoms with Crippen molar-refractivity contribution in [2.45, 2.75) is 44.7 Å². The molecule has 2 aromatic carbocycles. The normalized spacial score (nSPS) is 19.9. The molecule has 1 aliphatic rings. The molecule has 0 amide bonds. The van der Waals surface area contributed by atoms with E-state index in [2.05, 4.69) is 66.8 Å². The summed E-state index contributed by atoms with van der Waals surface area (Å²) >= 11 is 0. The molecule has 104 valence electrons. The van der Waals surface area contributed by atoms with E-state index in [0.717, 1.165) is 0 Å². The SMILES string of the molecule is C[C@@H](NC1CCCCc2ccccc21)c1ccccc1. The summed E-state index contributed by atoms with van der Waals surface area (Å²) in [5.41, 5.74) is 4.41. The van der Waals surface area contributed by atoms with Crippen molar-refractivity contribution in [2.75, 3.05) is 0 Å². The lowest BCUT2D eigenvalue weighted by Gasteiger charge is -2.24. The van der Waals surface area contributed by atoms with Gasteiger partial charge in [0.2, 0.25) is 0 Å². The molecule has 0 aromatic heterocycles. The molecule has 0 bridgehead atoms. The van der Waals surface area contributed by atoms with Gasteiger partial charge in [0, 0.05) is 12.1 Å². The highest BCUT2D eigenvalue weighted by atomic mass is 14.9. The molecule has 1 nitrogen and oxygen atoms in total. The summed E-state index contributed by atoms with van der Waals surface area (Å²) in [5, 5.41) is 3.83. The van der Waals surface area contributed by atoms with Gasteiger partial charge in [-0.05, 0) is 42.9 Å². The van der Waals surface area contributed by atoms with E-state index in [1.165, 1.54) is 42.4 Å². The molecule has 0 spiro atoms. The van der Waals surface area contributed by atoms with E-state index >= 15 is 0 Å². The first-order valence-corrected chi connectivity index (χ1v) is 7.73. The van der Waals surface area contributed by atoms with Crippen molar-refractivity contribution in [2.24, 2.45) is 0 Å². The van der Waals surface area contributed by atoms with Gasteiger partial charge in [-0.15, -0.1) is 0 Å². The van der Waals surface area contributed by atoms with Gasteiger partial charge in [0.1, 0.15) is 0 Å². The van der Waals surface area contributed by atoms with Crippen LogP contribution in [-0.2, 0) is 6.42 Å². The third-order valence-electron chi connectivity index (χ3n) is 4.37. The lowest BCUT2D eigenvalue weighted by atomic mass is 9.97. The Balaban J connectivity index is 1.80. The third-order valence-corrected chi connectivity index (χ3v) is 4.37. The molecule has 3 rings (SSSR count). The van der Waals surface area contributed by atoms with Gasteiger partial charge in [-0.1, -0.05) is 61.0 Å². The van der Waals surface area contributed by atoms with Crippen molar-refractivity contribution < 1.29 is 0 Å². The van der Waals surface area contributed by atoms with E-state index in [1.807, 2.05) is 0 Å². The maximum absolute atomic E-state index is 3.83. The van der Waals surface area contributed by atoms with Gasteiger partial charge in [0.15, 0.2) is 0 Å². The van der Waals surface area contributed by atoms with Crippen LogP contribution in [0, 0.1) is 0 Å². The summed E-state index contributed by atoms with van der Waals surface area (Å²) in [6.07, 6.45) is 5.10. The Kier molecular flexibility index (Phi) is 4.17. The minimum absolute atomic E-state index is 0.396. The van der Waals surface area contributed by atoms with Gasteiger partial charge >= 0.3 is 0 Å². The van der Waals surface area contributed by atoms with Crippen molar-refractivity contribution in [3.8, 4) is 0 Å². The molecule has 1 N–H and O–H groups in total. The Labute approximate surface area is 122 Å². The van der Waals surface area contributed by atoms with Gasteiger partial charge in [0.05, 0.1) is 0 Å². The number of hydrogen-bond acceptors (Lipinski definition) is 1. The third kappa shape index (κ3) is 2.94. The minimum Gasteiger partial charge on any atom is -0.303 e. The highest BCUT2D eigenvalue weighted by molar-refractivity contribution is 5.31. The Morgan fingerprint density at radius 3 is 2.55 bits per heavy atom. The Morgan fingerprint density at radius 2 is 1.70 bits per heavy atom. The molecule has 0 saturated heterocycles. The Hall–Kier alpha value is -1.60. The molecule has 0 fully saturated rings. The average molecular weight is 265 g/mol. The highest BCUT2D eigenvalue weighted by Gasteiger charge is 2.20. The van der Waals surface area contributed by atoms with Crippen LogP contribution in [0.2, 0.25) is 0 Å². The van der Waals surface area contributed by atoms with Crippen molar-refractivity contribution in [1.82, 2.24) is 5.32 Å². The summed E-state index contributed by atoms with van der Waals surface area (Å²) in [6.45, 7) is 2.27. The van der Waals surface area contributed by atoms with E-state index in [0.29, 0.717) is 12.1 Å². The number of fused-ring (bicyclic) bond motifs is 1. The van der Waals surface area contributed by atoms with E-state index in [4.69, 9.17) is 0 Å². The topological polar surface area (TPSA) is 12.0 Å². The molecule has 1 unspecified atom stereocenters. The first-order chi connectivity index (χ1) is 9.84. The second-order valence-corrected chi connectivity index (χ2v) is 5.80. The largest absolute Gasteiger partial charge is 0.303 e. The highest BCUT2D eigenvalue weighted by Crippen LogP contribution is 2.30. The Bertz CT molecular complexity index is 547. The molecular formula is C19H23N. The fourth-order valence-corrected chi connectivity index (χ4v) is 3.23. The van der Waals surface area contributed by atoms with Crippen LogP contribution in [-0.4, -0.2) is 0 Å². The quantitative estimate of drug-likeness (QED) is 0.786. The maximum atomic E-state index is 3.83. The van der Waals surface area contributed by atoms with Crippen LogP contribution < -0.4 is 5.32 Å². The summed E-state index contributed by atoms with van der Waals surface area (Å²) < 4.78 is 0. The fraction of sp³-hybridized carbons (Fsp3) is 0.368. The van der Waals surface area contributed by atoms with E-state index < -0.39 is 0 Å². The van der Waals surface area contributed by atoms with E-state index in [1.54, 1.807) is 0 Å². The van der Waals surface area contributed by atoms with Crippen LogP contribution in [0.3, 0.4) is 0 Å². The molecule has 0 saturated carbocycles. The van der Waals surface area contributed by atoms with Crippen LogP contribution in [0.15, 0.2) is 54.6 Å². The zero-order chi connectivity index (χ0) is 13.8. The maximum Gasteiger partial charge on any atom is 0.0328 e. The van der Waals surface area contributed by atoms with Crippen molar-refractivity contribution in [1.29, 1.82) is 0 Å². The standard InChI is InChI=1S/C19H23N/c1-15(16-9-3-2-4-10-16)20-19-14-8-6-12-17-11-5-7-13-18(17)19/h2-5,7,9-11,13,15,19-20H,6,8,12,14H2,1H3/t15-,19?/m1/s1. The number of rotatable bonds is 3. The van der Waals surface area contributed by atoms with Gasteiger partial charge in [-0.25, -0.2) is 0 Å². The molecule has 2 aromatic rings. The van der Waals surface area contributed by atoms with Gasteiger partial charge in [-0.2, -0.15) is 0 Å². The molecule has 2 atom stereocenters. The predicted molar refractivity (Wildman–Crippen MR) is 84.7 cm³/mol. The summed E-state index contributed by atoms with van der Waals surface area (Å²) in [4.78, 5) is 0. The molecule has 0 heterocycles. The smallest absolute Gasteiger partial charge is 0.0328 e. The second kappa shape index (κ2) is 6.23. The van der Waals surface area contributed by atoms with E-state index in [9.17, 15) is 0 Å². The summed E-state index contributed by atoms with van der Waals surface area (Å²) in [5.74, 6) is 0. The number of nitrogens with one attached hydrogen (secondary N) is 1. The molecule has 1 aliphatic carbocycles. The van der Waals surface area contributed by atoms with Crippen LogP contribution in [0.4, 0.5) is 0 Å². The lowest BCUT2D eigenvalue weighted by Crippen LogP contribution is -2.24. The minimum atomic E-state index is 0.396. The molecule has 0 aliphatic heterocycles. The second-order valence-electron chi connectivity index (χ2n) is 5.80. The van der Waals surface area contributed by atoms with E-state index in [-0.39, 0.29) is 0 Å². The van der Waals surface area contributed by atoms with Crippen molar-refractivity contribution in [3.05, 3.63) is 71.3 Å². The van der Waals surface area contributed by atoms with Crippen LogP contribution in [0.1, 0.15) is 55.0 Å². The first-order valence-electron chi connectivity index (χ1n) is 7.73. The van der Waals surface area contributed by atoms with Crippen molar-refractivity contribution >= 4 is 0 Å². The van der Waals surface area contributed by atoms with Gasteiger partial charge in [0.25, 0.3) is 0 Å². The van der Waals surface area contributed by atoms with Crippen molar-refractivity contribution in [3.63, 3.8) is 0 Å². The van der Waals surface area contributed by atoms with Crippen LogP contribution in [0.25, 0.3) is 0 Å². The fourth-order valence-electron chi connectivity index (χ4n) is 3.23. The number of aryl methyl sites for hydroxylation is 1. The monoisotopic (exact) mass is 265 g/mol. The summed E-state index contributed by atoms with van der Waals surface area (Å²) in [7, 11) is 0. The Morgan fingerprint density at radius 1 is 0.950 bits per heavy atom. The zero-order valence-corrected chi connectivity index (χ0v) is 12.2. The molecular weight excluding hydrogens is 242 g/mol. The predicted octanol–water partition coefficient (Wildman–Crippen LogP) is 4.80.